The van der Waals surface area contributed by atoms with Gasteiger partial charge in [0.15, 0.2) is 0 Å². The quantitative estimate of drug-likeness (QED) is 0.546. The number of rotatable bonds is 0. The van der Waals surface area contributed by atoms with Gasteiger partial charge in [0.25, 0.3) is 0 Å². The van der Waals surface area contributed by atoms with E-state index in [0.29, 0.717) is 0 Å². The van der Waals surface area contributed by atoms with Crippen LogP contribution in [0.25, 0.3) is 24.6 Å². The standard InChI is InChI=1S/4H2N.4H2O.Pt/h8*1H2;/q4*-1;;;;;+4. The zero-order valence-electron chi connectivity index (χ0n) is 4.63. The monoisotopic (exact) mass is 331 g/mol. The van der Waals surface area contributed by atoms with Crippen molar-refractivity contribution in [1.29, 1.82) is 0 Å². The van der Waals surface area contributed by atoms with Crippen LogP contribution in [-0.2, 0) is 21.1 Å². The third-order valence-electron chi connectivity index (χ3n) is 0. The zero-order chi connectivity index (χ0) is 0. The van der Waals surface area contributed by atoms with Crippen LogP contribution in [0.1, 0.15) is 0 Å². The average Bonchev–Trinajstić information content (AvgIpc) is 0. The van der Waals surface area contributed by atoms with Gasteiger partial charge in [-0.15, -0.1) is 0 Å². The molecule has 9 heavy (non-hydrogen) atoms. The number of nitrogens with two attached hydrogens (primary N) is 4. The molecule has 0 fully saturated rings. The van der Waals surface area contributed by atoms with Crippen molar-refractivity contribution in [2.24, 2.45) is 0 Å². The molecule has 0 saturated heterocycles. The predicted octanol–water partition coefficient (Wildman–Crippen LogP) is -0.433. The van der Waals surface area contributed by atoms with Gasteiger partial charge < -0.3 is 46.5 Å². The van der Waals surface area contributed by atoms with Gasteiger partial charge in [0.2, 0.25) is 0 Å². The fourth-order valence-electron chi connectivity index (χ4n) is 0. The number of hydrogen-bond acceptors (Lipinski definition) is 0. The maximum atomic E-state index is 0. The van der Waals surface area contributed by atoms with Gasteiger partial charge in [0, 0.05) is 0 Å². The second kappa shape index (κ2) is 3350. The molecule has 0 amide bonds. The molecular formula is H16N4O4Pt. The van der Waals surface area contributed by atoms with E-state index in [1.807, 2.05) is 0 Å². The van der Waals surface area contributed by atoms with E-state index in [2.05, 4.69) is 0 Å². The summed E-state index contributed by atoms with van der Waals surface area (Å²) in [5.74, 6) is 0. The molecule has 8 nitrogen and oxygen atoms in total. The first-order chi connectivity index (χ1) is 0. The van der Waals surface area contributed by atoms with Gasteiger partial charge >= 0.3 is 21.1 Å². The fourth-order valence-corrected chi connectivity index (χ4v) is 0. The molecule has 0 aliphatic carbocycles. The normalized spacial score (nSPS) is 0. The van der Waals surface area contributed by atoms with E-state index in [4.69, 9.17) is 0 Å². The molecule has 0 aliphatic heterocycles. The van der Waals surface area contributed by atoms with Gasteiger partial charge in [-0.3, -0.25) is 0 Å². The van der Waals surface area contributed by atoms with Gasteiger partial charge in [0.05, 0.1) is 0 Å². The summed E-state index contributed by atoms with van der Waals surface area (Å²) in [5, 5.41) is 0. The molecule has 0 spiro atoms. The second-order valence-electron chi connectivity index (χ2n) is 0. The molecule has 16 N–H and O–H groups in total. The van der Waals surface area contributed by atoms with Crippen LogP contribution < -0.4 is 0 Å². The molecule has 0 bridgehead atoms. The van der Waals surface area contributed by atoms with Crippen molar-refractivity contribution in [2.75, 3.05) is 0 Å². The van der Waals surface area contributed by atoms with Crippen LogP contribution in [0.4, 0.5) is 0 Å². The molecule has 0 unspecified atom stereocenters. The molecule has 0 aromatic carbocycles. The van der Waals surface area contributed by atoms with Crippen molar-refractivity contribution in [3.8, 4) is 0 Å². The van der Waals surface area contributed by atoms with E-state index in [0.717, 1.165) is 0 Å². The minimum atomic E-state index is 0. The molecule has 0 saturated carbocycles. The molecular weight excluding hydrogens is 315 g/mol. The van der Waals surface area contributed by atoms with E-state index in [9.17, 15) is 0 Å². The minimum Gasteiger partial charge on any atom is -0.693 e. The third-order valence-corrected chi connectivity index (χ3v) is 0. The molecule has 0 atom stereocenters. The molecule has 70 valence electrons. The molecule has 0 aromatic rings. The van der Waals surface area contributed by atoms with Crippen molar-refractivity contribution in [3.05, 3.63) is 24.6 Å². The van der Waals surface area contributed by atoms with Crippen LogP contribution >= 0.6 is 0 Å². The summed E-state index contributed by atoms with van der Waals surface area (Å²) in [6, 6.07) is 0. The molecule has 0 aliphatic rings. The SMILES string of the molecule is O.O.O.O.[NH2-].[NH2-].[NH2-].[NH2-].[Pt+4]. The largest absolute Gasteiger partial charge is 4.00 e. The van der Waals surface area contributed by atoms with Crippen molar-refractivity contribution in [3.63, 3.8) is 0 Å². The van der Waals surface area contributed by atoms with Crippen LogP contribution in [0, 0.1) is 0 Å². The summed E-state index contributed by atoms with van der Waals surface area (Å²) in [7, 11) is 0. The first-order valence-corrected chi connectivity index (χ1v) is 0. The van der Waals surface area contributed by atoms with Gasteiger partial charge in [-0.25, -0.2) is 0 Å². The molecule has 0 aromatic heterocycles. The minimum absolute atomic E-state index is 0. The van der Waals surface area contributed by atoms with Gasteiger partial charge in [-0.2, -0.15) is 0 Å². The molecule has 0 heterocycles. The van der Waals surface area contributed by atoms with E-state index in [1.165, 1.54) is 0 Å². The maximum absolute atomic E-state index is 0. The third kappa shape index (κ3) is 2500. The Balaban J connectivity index is 0. The Labute approximate surface area is 68.2 Å². The summed E-state index contributed by atoms with van der Waals surface area (Å²) >= 11 is 0. The Morgan fingerprint density at radius 2 is 0.333 bits per heavy atom. The second-order valence-corrected chi connectivity index (χ2v) is 0. The van der Waals surface area contributed by atoms with Crippen molar-refractivity contribution < 1.29 is 43.0 Å². The Bertz CT molecular complexity index is 12.5. The Morgan fingerprint density at radius 1 is 0.333 bits per heavy atom. The van der Waals surface area contributed by atoms with Crippen LogP contribution in [0.2, 0.25) is 0 Å². The zero-order valence-corrected chi connectivity index (χ0v) is 6.90. The first-order valence-electron chi connectivity index (χ1n) is 0. The van der Waals surface area contributed by atoms with Gasteiger partial charge in [0.1, 0.15) is 0 Å². The van der Waals surface area contributed by atoms with E-state index in [-0.39, 0.29) is 67.6 Å². The van der Waals surface area contributed by atoms with Crippen LogP contribution in [0.5, 0.6) is 0 Å². The fraction of sp³-hybridized carbons (Fsp3) is 0. The average molecular weight is 331 g/mol. The van der Waals surface area contributed by atoms with Crippen LogP contribution in [0.3, 0.4) is 0 Å². The first kappa shape index (κ1) is 4840. The summed E-state index contributed by atoms with van der Waals surface area (Å²) in [6.07, 6.45) is 0. The summed E-state index contributed by atoms with van der Waals surface area (Å²) < 4.78 is 0. The Morgan fingerprint density at radius 3 is 0.333 bits per heavy atom. The summed E-state index contributed by atoms with van der Waals surface area (Å²) in [6.45, 7) is 0. The number of hydrogen-bond donors (Lipinski definition) is 0. The smallest absolute Gasteiger partial charge is 0.693 e. The van der Waals surface area contributed by atoms with Crippen LogP contribution in [-0.4, -0.2) is 21.9 Å². The molecule has 9 heteroatoms. The van der Waals surface area contributed by atoms with E-state index < -0.39 is 0 Å². The Kier molecular flexibility index (Phi) is 1800000. The maximum Gasteiger partial charge on any atom is 4.00 e. The Hall–Kier alpha value is 0.368. The predicted molar refractivity (Wildman–Crippen MR) is 35.6 cm³/mol. The molecule has 0 rings (SSSR count). The van der Waals surface area contributed by atoms with Crippen molar-refractivity contribution in [1.82, 2.24) is 0 Å². The van der Waals surface area contributed by atoms with Crippen molar-refractivity contribution >= 4 is 0 Å². The molecule has 0 radical (unpaired) electrons. The van der Waals surface area contributed by atoms with E-state index in [1.54, 1.807) is 0 Å². The summed E-state index contributed by atoms with van der Waals surface area (Å²) in [5.41, 5.74) is 0. The van der Waals surface area contributed by atoms with Crippen molar-refractivity contribution in [2.45, 2.75) is 0 Å². The van der Waals surface area contributed by atoms with Gasteiger partial charge in [-0.05, 0) is 0 Å². The van der Waals surface area contributed by atoms with E-state index >= 15 is 0 Å². The summed E-state index contributed by atoms with van der Waals surface area (Å²) in [4.78, 5) is 0. The van der Waals surface area contributed by atoms with Crippen LogP contribution in [0.15, 0.2) is 0 Å². The van der Waals surface area contributed by atoms with Gasteiger partial charge in [-0.1, -0.05) is 0 Å². The topological polar surface area (TPSA) is 260 Å².